The van der Waals surface area contributed by atoms with Gasteiger partial charge in [0, 0.05) is 25.5 Å². The van der Waals surface area contributed by atoms with Crippen LogP contribution in [-0.2, 0) is 11.3 Å². The van der Waals surface area contributed by atoms with E-state index in [0.717, 1.165) is 19.7 Å². The van der Waals surface area contributed by atoms with E-state index in [0.29, 0.717) is 0 Å². The Labute approximate surface area is 98.2 Å². The van der Waals surface area contributed by atoms with Gasteiger partial charge in [0.1, 0.15) is 0 Å². The average Bonchev–Trinajstić information content (AvgIpc) is 2.18. The zero-order chi connectivity index (χ0) is 12.0. The van der Waals surface area contributed by atoms with Gasteiger partial charge in [-0.2, -0.15) is 0 Å². The highest BCUT2D eigenvalue weighted by molar-refractivity contribution is 5.20. The molecule has 1 N–H and O–H groups in total. The fourth-order valence-electron chi connectivity index (χ4n) is 1.33. The van der Waals surface area contributed by atoms with E-state index >= 15 is 0 Å². The molecule has 3 heteroatoms. The smallest absolute Gasteiger partial charge is 0.0599 e. The Morgan fingerprint density at radius 1 is 1.38 bits per heavy atom. The summed E-state index contributed by atoms with van der Waals surface area (Å²) in [6.45, 7) is 10.8. The molecule has 0 aromatic carbocycles. The highest BCUT2D eigenvalue weighted by Gasteiger charge is 2.08. The van der Waals surface area contributed by atoms with Crippen molar-refractivity contribution in [1.29, 1.82) is 0 Å². The molecular weight excluding hydrogens is 200 g/mol. The van der Waals surface area contributed by atoms with Crippen molar-refractivity contribution in [1.82, 2.24) is 10.3 Å². The van der Waals surface area contributed by atoms with Crippen LogP contribution in [0.3, 0.4) is 0 Å². The van der Waals surface area contributed by atoms with Gasteiger partial charge in [-0.05, 0) is 44.9 Å². The first-order valence-corrected chi connectivity index (χ1v) is 5.73. The molecule has 0 unspecified atom stereocenters. The zero-order valence-electron chi connectivity index (χ0n) is 10.7. The summed E-state index contributed by atoms with van der Waals surface area (Å²) in [5, 5.41) is 3.35. The molecule has 0 amide bonds. The summed E-state index contributed by atoms with van der Waals surface area (Å²) in [6, 6.07) is 2.03. The van der Waals surface area contributed by atoms with Crippen LogP contribution in [0.15, 0.2) is 18.5 Å². The summed E-state index contributed by atoms with van der Waals surface area (Å²) in [4.78, 5) is 4.11. The van der Waals surface area contributed by atoms with E-state index in [1.54, 1.807) is 0 Å². The fourth-order valence-corrected chi connectivity index (χ4v) is 1.33. The minimum Gasteiger partial charge on any atom is -0.375 e. The van der Waals surface area contributed by atoms with Crippen molar-refractivity contribution in [3.63, 3.8) is 0 Å². The summed E-state index contributed by atoms with van der Waals surface area (Å²) in [5.41, 5.74) is 2.48. The number of aryl methyl sites for hydroxylation is 1. The maximum Gasteiger partial charge on any atom is 0.0599 e. The Bertz CT molecular complexity index is 318. The van der Waals surface area contributed by atoms with Gasteiger partial charge in [-0.3, -0.25) is 4.98 Å². The molecular formula is C13H22N2O. The Balaban J connectivity index is 2.19. The lowest BCUT2D eigenvalue weighted by Gasteiger charge is -2.19. The van der Waals surface area contributed by atoms with Crippen molar-refractivity contribution in [2.24, 2.45) is 0 Å². The lowest BCUT2D eigenvalue weighted by molar-refractivity contribution is -0.000891. The minimum absolute atomic E-state index is 0.0497. The Morgan fingerprint density at radius 2 is 2.12 bits per heavy atom. The van der Waals surface area contributed by atoms with E-state index in [4.69, 9.17) is 4.74 Å². The van der Waals surface area contributed by atoms with E-state index in [1.165, 1.54) is 11.1 Å². The topological polar surface area (TPSA) is 34.2 Å². The summed E-state index contributed by atoms with van der Waals surface area (Å²) >= 11 is 0. The molecule has 1 rings (SSSR count). The molecule has 0 aliphatic carbocycles. The molecule has 0 aliphatic heterocycles. The molecule has 3 nitrogen and oxygen atoms in total. The maximum absolute atomic E-state index is 5.62. The third-order valence-corrected chi connectivity index (χ3v) is 2.28. The molecule has 0 atom stereocenters. The summed E-state index contributed by atoms with van der Waals surface area (Å²) in [5.74, 6) is 0. The normalized spacial score (nSPS) is 11.8. The predicted octanol–water partition coefficient (Wildman–Crippen LogP) is 2.29. The third-order valence-electron chi connectivity index (χ3n) is 2.28. The van der Waals surface area contributed by atoms with Gasteiger partial charge in [0.25, 0.3) is 0 Å². The lowest BCUT2D eigenvalue weighted by Crippen LogP contribution is -2.26. The predicted molar refractivity (Wildman–Crippen MR) is 66.4 cm³/mol. The van der Waals surface area contributed by atoms with Crippen LogP contribution in [0.1, 0.15) is 31.9 Å². The van der Waals surface area contributed by atoms with Gasteiger partial charge in [-0.1, -0.05) is 0 Å². The molecule has 0 spiro atoms. The van der Waals surface area contributed by atoms with Crippen LogP contribution in [0.5, 0.6) is 0 Å². The molecule has 0 saturated heterocycles. The maximum atomic E-state index is 5.62. The second-order valence-electron chi connectivity index (χ2n) is 4.94. The van der Waals surface area contributed by atoms with E-state index in [1.807, 2.05) is 18.5 Å². The Morgan fingerprint density at radius 3 is 2.75 bits per heavy atom. The van der Waals surface area contributed by atoms with Gasteiger partial charge in [0.05, 0.1) is 12.2 Å². The first kappa shape index (κ1) is 13.1. The number of nitrogens with zero attached hydrogens (tertiary/aromatic N) is 1. The quantitative estimate of drug-likeness (QED) is 0.776. The van der Waals surface area contributed by atoms with E-state index in [2.05, 4.69) is 38.0 Å². The van der Waals surface area contributed by atoms with Gasteiger partial charge >= 0.3 is 0 Å². The lowest BCUT2D eigenvalue weighted by atomic mass is 10.1. The van der Waals surface area contributed by atoms with Gasteiger partial charge in [-0.15, -0.1) is 0 Å². The second kappa shape index (κ2) is 5.97. The second-order valence-corrected chi connectivity index (χ2v) is 4.94. The van der Waals surface area contributed by atoms with Gasteiger partial charge in [0.2, 0.25) is 0 Å². The molecule has 0 fully saturated rings. The number of nitrogens with one attached hydrogen (secondary N) is 1. The van der Waals surface area contributed by atoms with Crippen molar-refractivity contribution in [2.45, 2.75) is 39.8 Å². The standard InChI is InChI=1S/C13H22N2O/c1-11-5-6-14-9-12(11)10-15-7-8-16-13(2,3)4/h5-6,9,15H,7-8,10H2,1-4H3. The number of hydrogen-bond donors (Lipinski definition) is 1. The van der Waals surface area contributed by atoms with Crippen LogP contribution in [0.25, 0.3) is 0 Å². The van der Waals surface area contributed by atoms with Crippen molar-refractivity contribution >= 4 is 0 Å². The third kappa shape index (κ3) is 5.24. The van der Waals surface area contributed by atoms with Crippen LogP contribution in [-0.4, -0.2) is 23.7 Å². The number of ether oxygens (including phenoxy) is 1. The summed E-state index contributed by atoms with van der Waals surface area (Å²) < 4.78 is 5.62. The van der Waals surface area contributed by atoms with Crippen LogP contribution >= 0.6 is 0 Å². The summed E-state index contributed by atoms with van der Waals surface area (Å²) in [7, 11) is 0. The molecule has 1 heterocycles. The first-order valence-electron chi connectivity index (χ1n) is 5.73. The van der Waals surface area contributed by atoms with Crippen LogP contribution in [0.2, 0.25) is 0 Å². The highest BCUT2D eigenvalue weighted by Crippen LogP contribution is 2.06. The minimum atomic E-state index is -0.0497. The molecule has 90 valence electrons. The highest BCUT2D eigenvalue weighted by atomic mass is 16.5. The van der Waals surface area contributed by atoms with Crippen molar-refractivity contribution < 1.29 is 4.74 Å². The van der Waals surface area contributed by atoms with Crippen LogP contribution < -0.4 is 5.32 Å². The molecule has 0 saturated carbocycles. The monoisotopic (exact) mass is 222 g/mol. The van der Waals surface area contributed by atoms with Crippen molar-refractivity contribution in [2.75, 3.05) is 13.2 Å². The molecule has 1 aromatic rings. The zero-order valence-corrected chi connectivity index (χ0v) is 10.7. The number of rotatable bonds is 5. The SMILES string of the molecule is Cc1ccncc1CNCCOC(C)(C)C. The largest absolute Gasteiger partial charge is 0.375 e. The van der Waals surface area contributed by atoms with Crippen molar-refractivity contribution in [3.8, 4) is 0 Å². The number of hydrogen-bond acceptors (Lipinski definition) is 3. The van der Waals surface area contributed by atoms with E-state index in [-0.39, 0.29) is 5.60 Å². The van der Waals surface area contributed by atoms with Crippen molar-refractivity contribution in [3.05, 3.63) is 29.6 Å². The fraction of sp³-hybridized carbons (Fsp3) is 0.615. The van der Waals surface area contributed by atoms with E-state index < -0.39 is 0 Å². The van der Waals surface area contributed by atoms with Crippen LogP contribution in [0, 0.1) is 6.92 Å². The molecule has 0 bridgehead atoms. The average molecular weight is 222 g/mol. The molecule has 0 radical (unpaired) electrons. The van der Waals surface area contributed by atoms with Crippen LogP contribution in [0.4, 0.5) is 0 Å². The first-order chi connectivity index (χ1) is 7.49. The van der Waals surface area contributed by atoms with Gasteiger partial charge in [-0.25, -0.2) is 0 Å². The van der Waals surface area contributed by atoms with Gasteiger partial charge < -0.3 is 10.1 Å². The van der Waals surface area contributed by atoms with Gasteiger partial charge in [0.15, 0.2) is 0 Å². The number of aromatic nitrogens is 1. The molecule has 16 heavy (non-hydrogen) atoms. The summed E-state index contributed by atoms with van der Waals surface area (Å²) in [6.07, 6.45) is 3.73. The molecule has 0 aliphatic rings. The Hall–Kier alpha value is -0.930. The molecule has 1 aromatic heterocycles. The Kier molecular flexibility index (Phi) is 4.90. The number of pyridine rings is 1. The van der Waals surface area contributed by atoms with E-state index in [9.17, 15) is 0 Å².